The first-order chi connectivity index (χ1) is 12.4. The third kappa shape index (κ3) is 1.66. The molecule has 0 heterocycles. The summed E-state index contributed by atoms with van der Waals surface area (Å²) >= 11 is 0. The SMILES string of the molecule is C=C[C@@H]1CC23CC[C@@]1(C(C)=O)[C@@]2(C)CC[C@H]1[C@H]3CCC2=CC(=O)CC[C@@H]21. The molecular formula is C24H32O2. The summed E-state index contributed by atoms with van der Waals surface area (Å²) in [6.07, 6.45) is 14.2. The van der Waals surface area contributed by atoms with Gasteiger partial charge in [-0.2, -0.15) is 0 Å². The largest absolute Gasteiger partial charge is 0.299 e. The lowest BCUT2D eigenvalue weighted by atomic mass is 9.45. The molecule has 5 aliphatic carbocycles. The minimum atomic E-state index is -0.154. The quantitative estimate of drug-likeness (QED) is 0.634. The first-order valence-electron chi connectivity index (χ1n) is 10.8. The number of carbonyl (C=O) groups excluding carboxylic acids is 2. The fraction of sp³-hybridized carbons (Fsp3) is 0.750. The van der Waals surface area contributed by atoms with E-state index in [1.54, 1.807) is 0 Å². The highest BCUT2D eigenvalue weighted by Crippen LogP contribution is 2.82. The molecule has 0 spiro atoms. The van der Waals surface area contributed by atoms with E-state index in [1.807, 2.05) is 13.0 Å². The second-order valence-corrected chi connectivity index (χ2v) is 10.2. The summed E-state index contributed by atoms with van der Waals surface area (Å²) < 4.78 is 0. The number of rotatable bonds is 2. The van der Waals surface area contributed by atoms with Gasteiger partial charge in [-0.3, -0.25) is 9.59 Å². The van der Waals surface area contributed by atoms with Crippen molar-refractivity contribution < 1.29 is 9.59 Å². The van der Waals surface area contributed by atoms with E-state index in [0.29, 0.717) is 28.8 Å². The van der Waals surface area contributed by atoms with Crippen LogP contribution in [0, 0.1) is 39.9 Å². The number of allylic oxidation sites excluding steroid dienone is 2. The van der Waals surface area contributed by atoms with Crippen LogP contribution in [0.3, 0.4) is 0 Å². The molecule has 2 bridgehead atoms. The fourth-order valence-electron chi connectivity index (χ4n) is 9.21. The maximum Gasteiger partial charge on any atom is 0.155 e. The summed E-state index contributed by atoms with van der Waals surface area (Å²) in [6.45, 7) is 8.47. The van der Waals surface area contributed by atoms with Crippen molar-refractivity contribution in [3.8, 4) is 0 Å². The zero-order chi connectivity index (χ0) is 18.3. The van der Waals surface area contributed by atoms with Gasteiger partial charge in [-0.25, -0.2) is 0 Å². The van der Waals surface area contributed by atoms with E-state index in [2.05, 4.69) is 19.6 Å². The predicted octanol–water partition coefficient (Wildman–Crippen LogP) is 5.28. The molecule has 7 atom stereocenters. The Morgan fingerprint density at radius 1 is 1.19 bits per heavy atom. The minimum Gasteiger partial charge on any atom is -0.299 e. The number of hydrogen-bond donors (Lipinski definition) is 0. The third-order valence-corrected chi connectivity index (χ3v) is 10.2. The van der Waals surface area contributed by atoms with Gasteiger partial charge in [0, 0.05) is 11.8 Å². The highest BCUT2D eigenvalue weighted by Gasteiger charge is 2.77. The van der Waals surface area contributed by atoms with Gasteiger partial charge < -0.3 is 0 Å². The number of ketones is 2. The molecule has 5 aliphatic rings. The van der Waals surface area contributed by atoms with Gasteiger partial charge >= 0.3 is 0 Å². The highest BCUT2D eigenvalue weighted by molar-refractivity contribution is 5.91. The fourth-order valence-corrected chi connectivity index (χ4v) is 9.21. The molecule has 0 saturated heterocycles. The molecule has 2 nitrogen and oxygen atoms in total. The normalized spacial score (nSPS) is 51.9. The smallest absolute Gasteiger partial charge is 0.155 e. The van der Waals surface area contributed by atoms with E-state index in [1.165, 1.54) is 37.7 Å². The Hall–Kier alpha value is -1.18. The summed E-state index contributed by atoms with van der Waals surface area (Å²) in [6, 6.07) is 0. The van der Waals surface area contributed by atoms with Gasteiger partial charge in [-0.15, -0.1) is 6.58 Å². The zero-order valence-corrected chi connectivity index (χ0v) is 16.4. The van der Waals surface area contributed by atoms with Crippen molar-refractivity contribution in [3.63, 3.8) is 0 Å². The van der Waals surface area contributed by atoms with Gasteiger partial charge in [0.05, 0.1) is 0 Å². The molecule has 140 valence electrons. The molecule has 4 fully saturated rings. The van der Waals surface area contributed by atoms with Crippen molar-refractivity contribution in [2.24, 2.45) is 39.9 Å². The van der Waals surface area contributed by atoms with E-state index >= 15 is 0 Å². The molecule has 0 amide bonds. The van der Waals surface area contributed by atoms with Crippen LogP contribution in [0.5, 0.6) is 0 Å². The molecule has 0 N–H and O–H groups in total. The summed E-state index contributed by atoms with van der Waals surface area (Å²) in [5, 5.41) is 0. The summed E-state index contributed by atoms with van der Waals surface area (Å²) in [5.74, 6) is 3.24. The lowest BCUT2D eigenvalue weighted by Crippen LogP contribution is -2.54. The summed E-state index contributed by atoms with van der Waals surface area (Å²) in [5.41, 5.74) is 1.78. The monoisotopic (exact) mass is 352 g/mol. The molecule has 0 radical (unpaired) electrons. The number of hydrogen-bond acceptors (Lipinski definition) is 2. The number of carbonyl (C=O) groups is 2. The van der Waals surface area contributed by atoms with Crippen LogP contribution in [0.25, 0.3) is 0 Å². The maximum atomic E-state index is 13.0. The van der Waals surface area contributed by atoms with Crippen molar-refractivity contribution in [2.45, 2.75) is 71.6 Å². The van der Waals surface area contributed by atoms with Gasteiger partial charge in [-0.05, 0) is 98.9 Å². The van der Waals surface area contributed by atoms with Gasteiger partial charge in [0.1, 0.15) is 5.78 Å². The molecule has 26 heavy (non-hydrogen) atoms. The first kappa shape index (κ1) is 17.0. The Bertz CT molecular complexity index is 732. The van der Waals surface area contributed by atoms with Crippen molar-refractivity contribution in [2.75, 3.05) is 0 Å². The lowest BCUT2D eigenvalue weighted by Gasteiger charge is -2.59. The van der Waals surface area contributed by atoms with Gasteiger partial charge in [-0.1, -0.05) is 18.6 Å². The average molecular weight is 353 g/mol. The third-order valence-electron chi connectivity index (χ3n) is 10.2. The van der Waals surface area contributed by atoms with Crippen LogP contribution in [0.15, 0.2) is 24.3 Å². The van der Waals surface area contributed by atoms with Gasteiger partial charge in [0.2, 0.25) is 0 Å². The van der Waals surface area contributed by atoms with Crippen molar-refractivity contribution >= 4 is 11.6 Å². The second-order valence-electron chi connectivity index (χ2n) is 10.2. The molecule has 0 aromatic rings. The van der Waals surface area contributed by atoms with Gasteiger partial charge in [0.25, 0.3) is 0 Å². The van der Waals surface area contributed by atoms with Crippen LogP contribution in [0.4, 0.5) is 0 Å². The Balaban J connectivity index is 1.59. The Morgan fingerprint density at radius 3 is 2.73 bits per heavy atom. The molecule has 0 aliphatic heterocycles. The van der Waals surface area contributed by atoms with E-state index in [9.17, 15) is 9.59 Å². The summed E-state index contributed by atoms with van der Waals surface area (Å²) in [4.78, 5) is 24.9. The Labute approximate surface area is 157 Å². The van der Waals surface area contributed by atoms with Crippen molar-refractivity contribution in [3.05, 3.63) is 24.3 Å². The molecule has 2 heteroatoms. The minimum absolute atomic E-state index is 0.150. The van der Waals surface area contributed by atoms with Crippen LogP contribution >= 0.6 is 0 Å². The van der Waals surface area contributed by atoms with E-state index < -0.39 is 0 Å². The molecule has 1 unspecified atom stereocenters. The van der Waals surface area contributed by atoms with Crippen LogP contribution in [0.1, 0.15) is 71.6 Å². The van der Waals surface area contributed by atoms with E-state index in [4.69, 9.17) is 0 Å². The lowest BCUT2D eigenvalue weighted by molar-refractivity contribution is -0.141. The van der Waals surface area contributed by atoms with Crippen LogP contribution in [-0.2, 0) is 9.59 Å². The predicted molar refractivity (Wildman–Crippen MR) is 102 cm³/mol. The topological polar surface area (TPSA) is 34.1 Å². The molecular weight excluding hydrogens is 320 g/mol. The van der Waals surface area contributed by atoms with Gasteiger partial charge in [0.15, 0.2) is 5.78 Å². The van der Waals surface area contributed by atoms with E-state index in [0.717, 1.165) is 37.5 Å². The number of fused-ring (bicyclic) bond motifs is 3. The molecule has 0 aromatic carbocycles. The highest BCUT2D eigenvalue weighted by atomic mass is 16.1. The summed E-state index contributed by atoms with van der Waals surface area (Å²) in [7, 11) is 0. The van der Waals surface area contributed by atoms with Crippen LogP contribution in [-0.4, -0.2) is 11.6 Å². The number of Topliss-reactive ketones (excluding diaryl/α,β-unsaturated/α-hetero) is 1. The maximum absolute atomic E-state index is 13.0. The van der Waals surface area contributed by atoms with Crippen molar-refractivity contribution in [1.82, 2.24) is 0 Å². The standard InChI is InChI=1S/C24H32O2/c1-4-17-14-23-11-12-24(17,15(2)25)22(23,3)10-9-20-19-7-6-18(26)13-16(19)5-8-21(20)23/h4,13,17,19-21H,1,5-12,14H2,2-3H3/t17-,19+,20-,21-,22+,23?,24+/m1/s1. The molecule has 5 rings (SSSR count). The van der Waals surface area contributed by atoms with Crippen LogP contribution < -0.4 is 0 Å². The van der Waals surface area contributed by atoms with Crippen molar-refractivity contribution in [1.29, 1.82) is 0 Å². The van der Waals surface area contributed by atoms with E-state index in [-0.39, 0.29) is 10.8 Å². The Morgan fingerprint density at radius 2 is 2.00 bits per heavy atom. The molecule has 4 saturated carbocycles. The van der Waals surface area contributed by atoms with Crippen LogP contribution in [0.2, 0.25) is 0 Å². The zero-order valence-electron chi connectivity index (χ0n) is 16.4. The Kier molecular flexibility index (Phi) is 3.39. The molecule has 0 aromatic heterocycles. The first-order valence-corrected chi connectivity index (χ1v) is 10.8. The average Bonchev–Trinajstić information content (AvgIpc) is 3.03. The second kappa shape index (κ2) is 5.20.